The molecule has 3 aromatic heterocycles. The zero-order valence-corrected chi connectivity index (χ0v) is 15.2. The predicted molar refractivity (Wildman–Crippen MR) is 98.0 cm³/mol. The van der Waals surface area contributed by atoms with E-state index in [1.807, 2.05) is 38.1 Å². The largest absolute Gasteiger partial charge is 0.275 e. The van der Waals surface area contributed by atoms with Crippen molar-refractivity contribution in [2.45, 2.75) is 24.8 Å². The molecule has 0 aliphatic rings. The summed E-state index contributed by atoms with van der Waals surface area (Å²) in [5.41, 5.74) is 2.72. The zero-order valence-electron chi connectivity index (χ0n) is 13.6. The molecule has 0 bridgehead atoms. The number of hydrogen-bond donors (Lipinski definition) is 1. The number of fused-ring (bicyclic) bond motifs is 1. The fourth-order valence-electron chi connectivity index (χ4n) is 2.32. The van der Waals surface area contributed by atoms with E-state index in [0.717, 1.165) is 16.4 Å². The van der Waals surface area contributed by atoms with Crippen LogP contribution in [0.5, 0.6) is 0 Å². The van der Waals surface area contributed by atoms with Crippen molar-refractivity contribution in [3.63, 3.8) is 0 Å². The Morgan fingerprint density at radius 1 is 1.20 bits per heavy atom. The standard InChI is InChI=1S/C16H14N6OS2/c1-9-3-5-11(6-4-9)14-18-15(20-19-14)24-8-12-7-13(23)22-16(17-12)25-10(2)21-22/h3-7H,8H2,1-2H3,(H,18,19,20). The van der Waals surface area contributed by atoms with Crippen LogP contribution >= 0.6 is 23.1 Å². The maximum absolute atomic E-state index is 12.1. The number of thioether (sulfide) groups is 1. The lowest BCUT2D eigenvalue weighted by Gasteiger charge is -1.98. The second-order valence-electron chi connectivity index (χ2n) is 5.52. The highest BCUT2D eigenvalue weighted by molar-refractivity contribution is 7.98. The highest BCUT2D eigenvalue weighted by Gasteiger charge is 2.10. The molecule has 1 aromatic carbocycles. The van der Waals surface area contributed by atoms with E-state index in [0.29, 0.717) is 21.6 Å². The first-order valence-electron chi connectivity index (χ1n) is 7.57. The van der Waals surface area contributed by atoms with Gasteiger partial charge in [0.15, 0.2) is 5.82 Å². The van der Waals surface area contributed by atoms with Gasteiger partial charge in [0.2, 0.25) is 10.1 Å². The van der Waals surface area contributed by atoms with Crippen LogP contribution in [0.25, 0.3) is 16.3 Å². The molecule has 1 N–H and O–H groups in total. The summed E-state index contributed by atoms with van der Waals surface area (Å²) in [6, 6.07) is 9.59. The number of rotatable bonds is 4. The second-order valence-corrected chi connectivity index (χ2v) is 7.63. The molecule has 0 unspecified atom stereocenters. The van der Waals surface area contributed by atoms with Crippen LogP contribution in [0.3, 0.4) is 0 Å². The monoisotopic (exact) mass is 370 g/mol. The molecule has 0 saturated heterocycles. The topological polar surface area (TPSA) is 88.8 Å². The van der Waals surface area contributed by atoms with E-state index >= 15 is 0 Å². The van der Waals surface area contributed by atoms with Crippen LogP contribution in [0, 0.1) is 13.8 Å². The summed E-state index contributed by atoms with van der Waals surface area (Å²) in [5, 5.41) is 12.7. The van der Waals surface area contributed by atoms with Gasteiger partial charge in [0, 0.05) is 17.4 Å². The predicted octanol–water partition coefficient (Wildman–Crippen LogP) is 2.85. The Labute approximate surface area is 151 Å². The minimum absolute atomic E-state index is 0.166. The van der Waals surface area contributed by atoms with Crippen LogP contribution in [-0.2, 0) is 5.75 Å². The number of aromatic amines is 1. The van der Waals surface area contributed by atoms with Crippen LogP contribution < -0.4 is 5.56 Å². The molecule has 4 aromatic rings. The summed E-state index contributed by atoms with van der Waals surface area (Å²) >= 11 is 2.84. The van der Waals surface area contributed by atoms with Crippen molar-refractivity contribution in [1.82, 2.24) is 29.8 Å². The number of hydrogen-bond acceptors (Lipinski definition) is 7. The number of benzene rings is 1. The lowest BCUT2D eigenvalue weighted by molar-refractivity contribution is 0.871. The molecule has 0 aliphatic heterocycles. The molecule has 7 nitrogen and oxygen atoms in total. The third-order valence-electron chi connectivity index (χ3n) is 3.54. The molecule has 0 atom stereocenters. The molecule has 0 amide bonds. The number of nitrogens with one attached hydrogen (secondary N) is 1. The molecular weight excluding hydrogens is 356 g/mol. The van der Waals surface area contributed by atoms with Gasteiger partial charge in [-0.25, -0.2) is 9.97 Å². The average Bonchev–Trinajstić information content (AvgIpc) is 3.20. The smallest absolute Gasteiger partial charge is 0.267 e. The Morgan fingerprint density at radius 2 is 2.00 bits per heavy atom. The molecule has 0 saturated carbocycles. The van der Waals surface area contributed by atoms with Gasteiger partial charge >= 0.3 is 0 Å². The van der Waals surface area contributed by atoms with Crippen LogP contribution in [-0.4, -0.2) is 29.8 Å². The maximum atomic E-state index is 12.1. The van der Waals surface area contributed by atoms with E-state index in [9.17, 15) is 4.79 Å². The van der Waals surface area contributed by atoms with Crippen molar-refractivity contribution in [2.75, 3.05) is 0 Å². The van der Waals surface area contributed by atoms with Crippen LogP contribution in [0.2, 0.25) is 0 Å². The van der Waals surface area contributed by atoms with Gasteiger partial charge in [0.05, 0.1) is 5.69 Å². The highest BCUT2D eigenvalue weighted by Crippen LogP contribution is 2.22. The number of aryl methyl sites for hydroxylation is 2. The fraction of sp³-hybridized carbons (Fsp3) is 0.188. The van der Waals surface area contributed by atoms with Gasteiger partial charge in [-0.3, -0.25) is 9.89 Å². The molecule has 3 heterocycles. The number of H-pyrrole nitrogens is 1. The van der Waals surface area contributed by atoms with Crippen molar-refractivity contribution >= 4 is 28.1 Å². The Hall–Kier alpha value is -2.52. The van der Waals surface area contributed by atoms with Crippen LogP contribution in [0.4, 0.5) is 0 Å². The van der Waals surface area contributed by atoms with E-state index < -0.39 is 0 Å². The minimum Gasteiger partial charge on any atom is -0.267 e. The van der Waals surface area contributed by atoms with Gasteiger partial charge < -0.3 is 0 Å². The Kier molecular flexibility index (Phi) is 4.10. The first-order valence-corrected chi connectivity index (χ1v) is 9.37. The summed E-state index contributed by atoms with van der Waals surface area (Å²) in [6.45, 7) is 3.90. The summed E-state index contributed by atoms with van der Waals surface area (Å²) in [6.07, 6.45) is 0. The molecule has 0 spiro atoms. The van der Waals surface area contributed by atoms with E-state index in [1.165, 1.54) is 39.2 Å². The Morgan fingerprint density at radius 3 is 2.80 bits per heavy atom. The quantitative estimate of drug-likeness (QED) is 0.556. The molecule has 0 radical (unpaired) electrons. The third-order valence-corrected chi connectivity index (χ3v) is 5.24. The summed E-state index contributed by atoms with van der Waals surface area (Å²) in [4.78, 5) is 21.6. The van der Waals surface area contributed by atoms with Crippen molar-refractivity contribution < 1.29 is 0 Å². The summed E-state index contributed by atoms with van der Waals surface area (Å²) < 4.78 is 1.33. The molecule has 0 fully saturated rings. The molecule has 9 heteroatoms. The van der Waals surface area contributed by atoms with E-state index in [-0.39, 0.29) is 5.56 Å². The molecule has 0 aliphatic carbocycles. The van der Waals surface area contributed by atoms with Gasteiger partial charge in [-0.15, -0.1) is 5.10 Å². The number of nitrogens with zero attached hydrogens (tertiary/aromatic N) is 5. The van der Waals surface area contributed by atoms with Crippen molar-refractivity contribution in [3.8, 4) is 11.4 Å². The maximum Gasteiger partial charge on any atom is 0.275 e. The minimum atomic E-state index is -0.166. The summed E-state index contributed by atoms with van der Waals surface area (Å²) in [5.74, 6) is 1.25. The van der Waals surface area contributed by atoms with Gasteiger partial charge in [-0.05, 0) is 13.8 Å². The Balaban J connectivity index is 1.52. The van der Waals surface area contributed by atoms with Crippen molar-refractivity contribution in [1.29, 1.82) is 0 Å². The van der Waals surface area contributed by atoms with Crippen LogP contribution in [0.1, 0.15) is 16.3 Å². The fourth-order valence-corrected chi connectivity index (χ4v) is 3.77. The first kappa shape index (κ1) is 16.0. The SMILES string of the molecule is Cc1ccc(-c2nc(SCc3cc(=O)n4nc(C)sc4n3)n[nH]2)cc1. The van der Waals surface area contributed by atoms with Gasteiger partial charge in [0.25, 0.3) is 5.56 Å². The Bertz CT molecular complexity index is 1100. The molecule has 126 valence electrons. The number of aromatic nitrogens is 6. The van der Waals surface area contributed by atoms with Gasteiger partial charge in [-0.2, -0.15) is 9.61 Å². The highest BCUT2D eigenvalue weighted by atomic mass is 32.2. The lowest BCUT2D eigenvalue weighted by Crippen LogP contribution is -2.15. The van der Waals surface area contributed by atoms with E-state index in [4.69, 9.17) is 0 Å². The van der Waals surface area contributed by atoms with E-state index in [2.05, 4.69) is 25.3 Å². The summed E-state index contributed by atoms with van der Waals surface area (Å²) in [7, 11) is 0. The zero-order chi connectivity index (χ0) is 17.4. The van der Waals surface area contributed by atoms with E-state index in [1.54, 1.807) is 0 Å². The van der Waals surface area contributed by atoms with Crippen LogP contribution in [0.15, 0.2) is 40.3 Å². The second kappa shape index (κ2) is 6.41. The molecule has 4 rings (SSSR count). The molecule has 25 heavy (non-hydrogen) atoms. The average molecular weight is 370 g/mol. The lowest BCUT2D eigenvalue weighted by atomic mass is 10.1. The van der Waals surface area contributed by atoms with Crippen molar-refractivity contribution in [2.24, 2.45) is 0 Å². The van der Waals surface area contributed by atoms with Gasteiger partial charge in [0.1, 0.15) is 5.01 Å². The molecular formula is C16H14N6OS2. The van der Waals surface area contributed by atoms with Gasteiger partial charge in [-0.1, -0.05) is 52.9 Å². The normalized spacial score (nSPS) is 11.3. The van der Waals surface area contributed by atoms with Crippen molar-refractivity contribution in [3.05, 3.63) is 57.0 Å². The first-order chi connectivity index (χ1) is 12.1. The third kappa shape index (κ3) is 3.33.